The van der Waals surface area contributed by atoms with Crippen LogP contribution in [0.15, 0.2) is 89.4 Å². The molecule has 0 bridgehead atoms. The summed E-state index contributed by atoms with van der Waals surface area (Å²) in [6.07, 6.45) is -0.850. The minimum atomic E-state index is -0.850. The topological polar surface area (TPSA) is 49.9 Å². The molecular formula is C23H17BrN2O3. The molecule has 0 spiro atoms. The van der Waals surface area contributed by atoms with E-state index in [1.807, 2.05) is 72.8 Å². The molecule has 0 N–H and O–H groups in total. The lowest BCUT2D eigenvalue weighted by Crippen LogP contribution is -2.37. The minimum Gasteiger partial charge on any atom is -0.273 e. The van der Waals surface area contributed by atoms with Gasteiger partial charge in [0.05, 0.1) is 17.4 Å². The molecule has 5 rings (SSSR count). The molecule has 5 nitrogen and oxygen atoms in total. The third kappa shape index (κ3) is 2.96. The van der Waals surface area contributed by atoms with Gasteiger partial charge in [-0.05, 0) is 42.0 Å². The van der Waals surface area contributed by atoms with Gasteiger partial charge in [-0.2, -0.15) is 0 Å². The Bertz CT molecular complexity index is 1060. The first-order chi connectivity index (χ1) is 14.1. The van der Waals surface area contributed by atoms with Crippen LogP contribution in [0.1, 0.15) is 11.6 Å². The molecule has 29 heavy (non-hydrogen) atoms. The van der Waals surface area contributed by atoms with Crippen LogP contribution in [0.5, 0.6) is 0 Å². The van der Waals surface area contributed by atoms with E-state index in [2.05, 4.69) is 15.9 Å². The van der Waals surface area contributed by atoms with Gasteiger partial charge in [-0.15, -0.1) is 0 Å². The molecular weight excluding hydrogens is 432 g/mol. The number of amides is 2. The fraction of sp³-hybridized carbons (Fsp3) is 0.130. The highest BCUT2D eigenvalue weighted by molar-refractivity contribution is 9.10. The number of fused-ring (bicyclic) bond motifs is 1. The summed E-state index contributed by atoms with van der Waals surface area (Å²) in [7, 11) is 0. The Hall–Kier alpha value is -2.96. The normalized spacial score (nSPS) is 23.6. The van der Waals surface area contributed by atoms with E-state index in [0.717, 1.165) is 15.7 Å². The molecule has 0 saturated carbocycles. The number of carbonyl (C=O) groups excluding carboxylic acids is 2. The van der Waals surface area contributed by atoms with Crippen molar-refractivity contribution < 1.29 is 14.4 Å². The summed E-state index contributed by atoms with van der Waals surface area (Å²) in [6.45, 7) is 0. The highest BCUT2D eigenvalue weighted by Gasteiger charge is 2.60. The van der Waals surface area contributed by atoms with Crippen molar-refractivity contribution >= 4 is 39.1 Å². The smallest absolute Gasteiger partial charge is 0.266 e. The van der Waals surface area contributed by atoms with Gasteiger partial charge >= 0.3 is 0 Å². The van der Waals surface area contributed by atoms with Crippen molar-refractivity contribution in [2.24, 2.45) is 5.92 Å². The van der Waals surface area contributed by atoms with E-state index in [-0.39, 0.29) is 11.8 Å². The Morgan fingerprint density at radius 1 is 0.724 bits per heavy atom. The van der Waals surface area contributed by atoms with E-state index < -0.39 is 18.1 Å². The van der Waals surface area contributed by atoms with Gasteiger partial charge in [0.15, 0.2) is 6.10 Å². The molecule has 144 valence electrons. The Morgan fingerprint density at radius 2 is 1.31 bits per heavy atom. The first kappa shape index (κ1) is 18.1. The Morgan fingerprint density at radius 3 is 1.93 bits per heavy atom. The van der Waals surface area contributed by atoms with Crippen LogP contribution in [0.25, 0.3) is 0 Å². The maximum atomic E-state index is 13.4. The molecule has 6 heteroatoms. The molecule has 2 heterocycles. The van der Waals surface area contributed by atoms with Crippen LogP contribution in [0.4, 0.5) is 11.4 Å². The second kappa shape index (κ2) is 7.13. The lowest BCUT2D eigenvalue weighted by Gasteiger charge is -2.28. The summed E-state index contributed by atoms with van der Waals surface area (Å²) >= 11 is 3.46. The summed E-state index contributed by atoms with van der Waals surface area (Å²) < 4.78 is 0.947. The third-order valence-electron chi connectivity index (χ3n) is 5.35. The van der Waals surface area contributed by atoms with Gasteiger partial charge < -0.3 is 0 Å². The Labute approximate surface area is 176 Å². The van der Waals surface area contributed by atoms with Crippen molar-refractivity contribution in [3.63, 3.8) is 0 Å². The lowest BCUT2D eigenvalue weighted by atomic mass is 9.90. The van der Waals surface area contributed by atoms with Crippen LogP contribution in [0.3, 0.4) is 0 Å². The zero-order chi connectivity index (χ0) is 20.0. The largest absolute Gasteiger partial charge is 0.273 e. The molecule has 0 unspecified atom stereocenters. The van der Waals surface area contributed by atoms with Crippen LogP contribution >= 0.6 is 15.9 Å². The second-order valence-corrected chi connectivity index (χ2v) is 7.97. The number of nitrogens with zero attached hydrogens (tertiary/aromatic N) is 2. The number of rotatable bonds is 3. The molecule has 3 atom stereocenters. The van der Waals surface area contributed by atoms with Gasteiger partial charge in [-0.25, -0.2) is 9.96 Å². The van der Waals surface area contributed by atoms with E-state index in [1.54, 1.807) is 17.2 Å². The number of imide groups is 1. The summed E-state index contributed by atoms with van der Waals surface area (Å²) in [6, 6.07) is 25.9. The van der Waals surface area contributed by atoms with E-state index in [1.165, 1.54) is 4.90 Å². The van der Waals surface area contributed by atoms with Crippen molar-refractivity contribution in [3.8, 4) is 0 Å². The van der Waals surface area contributed by atoms with Crippen molar-refractivity contribution in [1.29, 1.82) is 0 Å². The van der Waals surface area contributed by atoms with E-state index in [0.29, 0.717) is 5.69 Å². The predicted molar refractivity (Wildman–Crippen MR) is 113 cm³/mol. The van der Waals surface area contributed by atoms with Crippen LogP contribution in [0, 0.1) is 5.92 Å². The Kier molecular flexibility index (Phi) is 4.45. The second-order valence-electron chi connectivity index (χ2n) is 7.06. The van der Waals surface area contributed by atoms with Gasteiger partial charge in [0.2, 0.25) is 5.91 Å². The van der Waals surface area contributed by atoms with Crippen LogP contribution < -0.4 is 9.96 Å². The van der Waals surface area contributed by atoms with E-state index >= 15 is 0 Å². The molecule has 0 aliphatic carbocycles. The fourth-order valence-corrected chi connectivity index (χ4v) is 4.31. The van der Waals surface area contributed by atoms with E-state index in [9.17, 15) is 9.59 Å². The number of hydroxylamine groups is 1. The zero-order valence-electron chi connectivity index (χ0n) is 15.3. The van der Waals surface area contributed by atoms with Crippen LogP contribution in [-0.4, -0.2) is 17.9 Å². The van der Waals surface area contributed by atoms with Crippen molar-refractivity contribution in [3.05, 3.63) is 95.0 Å². The number of carbonyl (C=O) groups is 2. The number of halogens is 1. The lowest BCUT2D eigenvalue weighted by molar-refractivity contribution is -0.126. The number of para-hydroxylation sites is 2. The van der Waals surface area contributed by atoms with Gasteiger partial charge in [-0.3, -0.25) is 14.4 Å². The summed E-state index contributed by atoms with van der Waals surface area (Å²) in [5, 5.41) is 1.71. The summed E-state index contributed by atoms with van der Waals surface area (Å²) in [5.74, 6) is -1.19. The highest BCUT2D eigenvalue weighted by Crippen LogP contribution is 2.47. The van der Waals surface area contributed by atoms with Crippen molar-refractivity contribution in [2.75, 3.05) is 9.96 Å². The number of benzene rings is 3. The van der Waals surface area contributed by atoms with Gasteiger partial charge in [0.1, 0.15) is 5.92 Å². The standard InChI is InChI=1S/C23H17BrN2O3/c24-16-13-11-15(12-14-16)20-19-21(29-26(20)18-9-5-2-6-10-18)23(28)25(22(19)27)17-7-3-1-4-8-17/h1-14,19-21H/t19-,20-,21-/m1/s1. The van der Waals surface area contributed by atoms with Gasteiger partial charge in [0, 0.05) is 4.47 Å². The van der Waals surface area contributed by atoms with E-state index in [4.69, 9.17) is 4.84 Å². The zero-order valence-corrected chi connectivity index (χ0v) is 16.9. The molecule has 0 aromatic heterocycles. The number of anilines is 2. The molecule has 2 amide bonds. The SMILES string of the molecule is O=C1[C@@H]2[C@@H](c3ccc(Br)cc3)N(c3ccccc3)O[C@H]2C(=O)N1c1ccccc1. The first-order valence-corrected chi connectivity index (χ1v) is 10.1. The third-order valence-corrected chi connectivity index (χ3v) is 5.88. The van der Waals surface area contributed by atoms with Gasteiger partial charge in [0.25, 0.3) is 5.91 Å². The first-order valence-electron chi connectivity index (χ1n) is 9.34. The van der Waals surface area contributed by atoms with Crippen molar-refractivity contribution in [1.82, 2.24) is 0 Å². The maximum Gasteiger partial charge on any atom is 0.266 e. The quantitative estimate of drug-likeness (QED) is 0.553. The summed E-state index contributed by atoms with van der Waals surface area (Å²) in [5.41, 5.74) is 2.30. The highest BCUT2D eigenvalue weighted by atomic mass is 79.9. The number of hydrogen-bond acceptors (Lipinski definition) is 4. The molecule has 0 radical (unpaired) electrons. The summed E-state index contributed by atoms with van der Waals surface area (Å²) in [4.78, 5) is 33.9. The van der Waals surface area contributed by atoms with Crippen molar-refractivity contribution in [2.45, 2.75) is 12.1 Å². The molecule has 3 aromatic rings. The Balaban J connectivity index is 1.59. The average molecular weight is 449 g/mol. The monoisotopic (exact) mass is 448 g/mol. The fourth-order valence-electron chi connectivity index (χ4n) is 4.04. The molecule has 2 saturated heterocycles. The van der Waals surface area contributed by atoms with Crippen LogP contribution in [0.2, 0.25) is 0 Å². The molecule has 2 aliphatic rings. The average Bonchev–Trinajstić information content (AvgIpc) is 3.26. The predicted octanol–water partition coefficient (Wildman–Crippen LogP) is 4.50. The van der Waals surface area contributed by atoms with Gasteiger partial charge in [-0.1, -0.05) is 64.5 Å². The number of hydrogen-bond donors (Lipinski definition) is 0. The maximum absolute atomic E-state index is 13.4. The van der Waals surface area contributed by atoms with Crippen LogP contribution in [-0.2, 0) is 14.4 Å². The molecule has 3 aromatic carbocycles. The molecule has 2 fully saturated rings. The molecule has 2 aliphatic heterocycles. The minimum absolute atomic E-state index is 0.238.